The van der Waals surface area contributed by atoms with Gasteiger partial charge in [0.15, 0.2) is 0 Å². The number of nitrogens with one attached hydrogen (secondary N) is 1. The van der Waals surface area contributed by atoms with Crippen LogP contribution in [0.15, 0.2) is 57.4 Å². The van der Waals surface area contributed by atoms with Crippen molar-refractivity contribution in [3.05, 3.63) is 96.1 Å². The number of fused-ring (bicyclic) bond motifs is 1. The number of rotatable bonds is 5. The molecule has 0 bridgehead atoms. The van der Waals surface area contributed by atoms with Gasteiger partial charge in [-0.05, 0) is 43.0 Å². The molecule has 152 valence electrons. The van der Waals surface area contributed by atoms with Gasteiger partial charge in [-0.25, -0.2) is 18.5 Å². The van der Waals surface area contributed by atoms with Crippen LogP contribution in [0.2, 0.25) is 0 Å². The predicted octanol–water partition coefficient (Wildman–Crippen LogP) is 3.67. The summed E-state index contributed by atoms with van der Waals surface area (Å²) in [4.78, 5) is 39.1. The summed E-state index contributed by atoms with van der Waals surface area (Å²) in [5, 5.41) is 10.6. The Morgan fingerprint density at radius 3 is 2.57 bits per heavy atom. The largest absolute Gasteiger partial charge is 0.477 e. The summed E-state index contributed by atoms with van der Waals surface area (Å²) in [6, 6.07) is 12.3. The molecular weight excluding hydrogens is 407 g/mol. The fourth-order valence-electron chi connectivity index (χ4n) is 3.46. The third-order valence-corrected chi connectivity index (χ3v) is 5.85. The van der Waals surface area contributed by atoms with E-state index < -0.39 is 23.0 Å². The monoisotopic (exact) mass is 424 g/mol. The van der Waals surface area contributed by atoms with Crippen molar-refractivity contribution in [2.24, 2.45) is 0 Å². The Balaban J connectivity index is 1.79. The second kappa shape index (κ2) is 7.72. The third-order valence-electron chi connectivity index (χ3n) is 4.88. The molecule has 2 heterocycles. The summed E-state index contributed by atoms with van der Waals surface area (Å²) in [6.45, 7) is 2.00. The van der Waals surface area contributed by atoms with Crippen molar-refractivity contribution in [3.63, 3.8) is 0 Å². The summed E-state index contributed by atoms with van der Waals surface area (Å²) in [7, 11) is 0. The molecule has 0 amide bonds. The summed E-state index contributed by atoms with van der Waals surface area (Å²) in [6.07, 6.45) is 1.30. The van der Waals surface area contributed by atoms with Gasteiger partial charge in [0.1, 0.15) is 10.7 Å². The van der Waals surface area contributed by atoms with Gasteiger partial charge in [0.05, 0.1) is 16.6 Å². The van der Waals surface area contributed by atoms with Crippen LogP contribution in [0.25, 0.3) is 16.6 Å². The molecule has 2 N–H and O–H groups in total. The van der Waals surface area contributed by atoms with Crippen LogP contribution in [-0.4, -0.2) is 20.6 Å². The van der Waals surface area contributed by atoms with Gasteiger partial charge >= 0.3 is 11.7 Å². The van der Waals surface area contributed by atoms with E-state index in [9.17, 15) is 23.9 Å². The number of halogens is 1. The number of carboxylic acid groups (broad SMARTS) is 1. The molecule has 0 atom stereocenters. The summed E-state index contributed by atoms with van der Waals surface area (Å²) >= 11 is 0.835. The van der Waals surface area contributed by atoms with E-state index in [1.807, 2.05) is 25.1 Å². The topological polar surface area (TPSA) is 92.2 Å². The lowest BCUT2D eigenvalue weighted by molar-refractivity contribution is 0.0704. The number of carboxylic acids is 1. The average molecular weight is 424 g/mol. The second-order valence-corrected chi connectivity index (χ2v) is 7.88. The Hall–Kier alpha value is -3.52. The molecule has 0 unspecified atom stereocenters. The first-order valence-electron chi connectivity index (χ1n) is 9.19. The van der Waals surface area contributed by atoms with E-state index in [0.29, 0.717) is 17.4 Å². The highest BCUT2D eigenvalue weighted by Gasteiger charge is 2.20. The quantitative estimate of drug-likeness (QED) is 0.511. The SMILES string of the molecule is Cc1cccc(CCc2ccc(F)c(-n3c(=O)[nH]c4csc(C(=O)O)c4c3=O)c2)c1. The number of nitrogens with zero attached hydrogens (tertiary/aromatic N) is 1. The van der Waals surface area contributed by atoms with Crippen LogP contribution < -0.4 is 11.2 Å². The minimum atomic E-state index is -1.28. The van der Waals surface area contributed by atoms with E-state index >= 15 is 0 Å². The van der Waals surface area contributed by atoms with E-state index in [2.05, 4.69) is 11.1 Å². The van der Waals surface area contributed by atoms with E-state index in [1.54, 1.807) is 6.07 Å². The molecule has 0 radical (unpaired) electrons. The fourth-order valence-corrected chi connectivity index (χ4v) is 4.28. The molecule has 30 heavy (non-hydrogen) atoms. The maximum absolute atomic E-state index is 14.6. The van der Waals surface area contributed by atoms with Crippen molar-refractivity contribution in [3.8, 4) is 5.69 Å². The van der Waals surface area contributed by atoms with Crippen molar-refractivity contribution in [1.82, 2.24) is 9.55 Å². The first-order valence-corrected chi connectivity index (χ1v) is 10.1. The van der Waals surface area contributed by atoms with Crippen LogP contribution in [0.3, 0.4) is 0 Å². The molecule has 2 aromatic heterocycles. The van der Waals surface area contributed by atoms with Crippen LogP contribution in [0.5, 0.6) is 0 Å². The van der Waals surface area contributed by atoms with Crippen LogP contribution in [0.1, 0.15) is 26.4 Å². The number of carbonyl (C=O) groups is 1. The van der Waals surface area contributed by atoms with Crippen molar-refractivity contribution in [2.75, 3.05) is 0 Å². The number of hydrogen-bond donors (Lipinski definition) is 2. The molecular formula is C22H17FN2O4S. The van der Waals surface area contributed by atoms with Gasteiger partial charge in [0, 0.05) is 5.38 Å². The normalized spacial score (nSPS) is 11.1. The fraction of sp³-hybridized carbons (Fsp3) is 0.136. The molecule has 0 aliphatic rings. The van der Waals surface area contributed by atoms with Crippen molar-refractivity contribution in [1.29, 1.82) is 0 Å². The maximum Gasteiger partial charge on any atom is 0.346 e. The van der Waals surface area contributed by atoms with E-state index in [1.165, 1.54) is 17.5 Å². The van der Waals surface area contributed by atoms with Gasteiger partial charge in [-0.3, -0.25) is 4.79 Å². The molecule has 2 aromatic carbocycles. The third kappa shape index (κ3) is 3.57. The highest BCUT2D eigenvalue weighted by Crippen LogP contribution is 2.22. The highest BCUT2D eigenvalue weighted by atomic mass is 32.1. The molecule has 4 rings (SSSR count). The van der Waals surface area contributed by atoms with Gasteiger partial charge in [-0.2, -0.15) is 0 Å². The number of aromatic nitrogens is 2. The molecule has 0 saturated heterocycles. The number of benzene rings is 2. The Kier molecular flexibility index (Phi) is 5.09. The molecule has 0 aliphatic heterocycles. The minimum Gasteiger partial charge on any atom is -0.477 e. The molecule has 0 spiro atoms. The molecule has 0 aliphatic carbocycles. The van der Waals surface area contributed by atoms with Crippen molar-refractivity contribution >= 4 is 28.2 Å². The molecule has 4 aromatic rings. The number of thiophene rings is 1. The first kappa shape index (κ1) is 19.8. The van der Waals surface area contributed by atoms with Gasteiger partial charge in [-0.1, -0.05) is 35.9 Å². The van der Waals surface area contributed by atoms with Crippen LogP contribution in [0.4, 0.5) is 4.39 Å². The lowest BCUT2D eigenvalue weighted by Crippen LogP contribution is -2.34. The van der Waals surface area contributed by atoms with E-state index in [-0.39, 0.29) is 21.5 Å². The van der Waals surface area contributed by atoms with Crippen LogP contribution in [0, 0.1) is 12.7 Å². The molecule has 0 fully saturated rings. The molecule has 8 heteroatoms. The first-order chi connectivity index (χ1) is 14.3. The zero-order chi connectivity index (χ0) is 21.4. The van der Waals surface area contributed by atoms with E-state index in [4.69, 9.17) is 0 Å². The molecule has 6 nitrogen and oxygen atoms in total. The van der Waals surface area contributed by atoms with Crippen molar-refractivity contribution < 1.29 is 14.3 Å². The smallest absolute Gasteiger partial charge is 0.346 e. The van der Waals surface area contributed by atoms with Gasteiger partial charge in [0.25, 0.3) is 5.56 Å². The Morgan fingerprint density at radius 1 is 1.13 bits per heavy atom. The van der Waals surface area contributed by atoms with Gasteiger partial charge < -0.3 is 10.1 Å². The zero-order valence-electron chi connectivity index (χ0n) is 15.9. The van der Waals surface area contributed by atoms with Crippen molar-refractivity contribution in [2.45, 2.75) is 19.8 Å². The van der Waals surface area contributed by atoms with Gasteiger partial charge in [-0.15, -0.1) is 11.3 Å². The number of aromatic amines is 1. The summed E-state index contributed by atoms with van der Waals surface area (Å²) in [5.41, 5.74) is 1.26. The lowest BCUT2D eigenvalue weighted by Gasteiger charge is -2.10. The number of aryl methyl sites for hydroxylation is 3. The number of H-pyrrole nitrogens is 1. The molecule has 0 saturated carbocycles. The van der Waals surface area contributed by atoms with Crippen LogP contribution in [-0.2, 0) is 12.8 Å². The number of aromatic carboxylic acids is 1. The Morgan fingerprint density at radius 2 is 1.87 bits per heavy atom. The summed E-state index contributed by atoms with van der Waals surface area (Å²) in [5.74, 6) is -2.02. The highest BCUT2D eigenvalue weighted by molar-refractivity contribution is 7.13. The van der Waals surface area contributed by atoms with Gasteiger partial charge in [0.2, 0.25) is 0 Å². The summed E-state index contributed by atoms with van der Waals surface area (Å²) < 4.78 is 15.3. The van der Waals surface area contributed by atoms with E-state index in [0.717, 1.165) is 28.0 Å². The average Bonchev–Trinajstić information content (AvgIpc) is 3.12. The minimum absolute atomic E-state index is 0.125. The lowest BCUT2D eigenvalue weighted by atomic mass is 10.0. The second-order valence-electron chi connectivity index (χ2n) is 7.00. The standard InChI is InChI=1S/C22H17FN2O4S/c1-12-3-2-4-13(9-12)5-6-14-7-8-15(23)17(10-14)25-20(26)18-16(24-22(25)29)11-30-19(18)21(27)28/h2-4,7-11H,5-6H2,1H3,(H,24,29)(H,27,28). The Bertz CT molecular complexity index is 1400. The zero-order valence-corrected chi connectivity index (χ0v) is 16.8. The predicted molar refractivity (Wildman–Crippen MR) is 114 cm³/mol. The van der Waals surface area contributed by atoms with Crippen LogP contribution >= 0.6 is 11.3 Å². The maximum atomic E-state index is 14.6. The Labute approximate surface area is 173 Å². The number of hydrogen-bond acceptors (Lipinski definition) is 4.